The molecular formula is C29H22ClF2N3O. The summed E-state index contributed by atoms with van der Waals surface area (Å²) in [5.74, 6) is -0.814. The molecule has 0 spiro atoms. The number of benzene rings is 3. The minimum Gasteiger partial charge on any atom is -0.373 e. The summed E-state index contributed by atoms with van der Waals surface area (Å²) < 4.78 is 30.7. The van der Waals surface area contributed by atoms with Crippen molar-refractivity contribution < 1.29 is 13.9 Å². The first-order valence-corrected chi connectivity index (χ1v) is 11.8. The second kappa shape index (κ2) is 9.64. The highest BCUT2D eigenvalue weighted by atomic mass is 35.5. The van der Waals surface area contributed by atoms with E-state index in [2.05, 4.69) is 4.98 Å². The van der Waals surface area contributed by atoms with Crippen LogP contribution in [0.15, 0.2) is 97.3 Å². The number of nitrogens with zero attached hydrogens (tertiary/aromatic N) is 3. The molecule has 5 rings (SSSR count). The van der Waals surface area contributed by atoms with Gasteiger partial charge in [-0.1, -0.05) is 48.0 Å². The molecule has 0 aliphatic carbocycles. The molecule has 36 heavy (non-hydrogen) atoms. The summed E-state index contributed by atoms with van der Waals surface area (Å²) in [7, 11) is 0. The van der Waals surface area contributed by atoms with Gasteiger partial charge in [-0.3, -0.25) is 4.98 Å². The number of imidazole rings is 1. The van der Waals surface area contributed by atoms with Gasteiger partial charge in [-0.05, 0) is 66.6 Å². The number of hydrogen-bond acceptors (Lipinski definition) is 3. The Hall–Kier alpha value is -3.87. The number of pyridine rings is 1. The summed E-state index contributed by atoms with van der Waals surface area (Å²) in [4.78, 5) is 9.05. The molecule has 0 radical (unpaired) electrons. The summed E-state index contributed by atoms with van der Waals surface area (Å²) in [6, 6.07) is 22.3. The molecule has 0 aliphatic heterocycles. The minimum atomic E-state index is -1.95. The van der Waals surface area contributed by atoms with E-state index in [1.165, 1.54) is 36.4 Å². The number of aromatic nitrogens is 3. The smallest absolute Gasteiger partial charge is 0.173 e. The molecule has 0 atom stereocenters. The molecule has 0 unspecified atom stereocenters. The molecule has 2 aromatic heterocycles. The fourth-order valence-corrected chi connectivity index (χ4v) is 4.63. The first kappa shape index (κ1) is 23.9. The molecule has 7 heteroatoms. The largest absolute Gasteiger partial charge is 0.373 e. The quantitative estimate of drug-likeness (QED) is 0.277. The van der Waals surface area contributed by atoms with Crippen molar-refractivity contribution in [1.29, 1.82) is 0 Å². The molecule has 3 aromatic carbocycles. The van der Waals surface area contributed by atoms with Crippen molar-refractivity contribution >= 4 is 11.6 Å². The Morgan fingerprint density at radius 3 is 1.94 bits per heavy atom. The summed E-state index contributed by atoms with van der Waals surface area (Å²) >= 11 is 6.16. The maximum atomic E-state index is 14.4. The fourth-order valence-electron chi connectivity index (χ4n) is 4.50. The van der Waals surface area contributed by atoms with Crippen LogP contribution in [0.25, 0.3) is 22.5 Å². The van der Waals surface area contributed by atoms with E-state index >= 15 is 0 Å². The summed E-state index contributed by atoms with van der Waals surface area (Å²) in [5.41, 5.74) is 1.46. The number of halogens is 3. The Bertz CT molecular complexity index is 1470. The van der Waals surface area contributed by atoms with Crippen LogP contribution in [0.3, 0.4) is 0 Å². The van der Waals surface area contributed by atoms with Crippen molar-refractivity contribution in [2.45, 2.75) is 19.1 Å². The van der Waals surface area contributed by atoms with Gasteiger partial charge in [0.05, 0.1) is 11.4 Å². The molecule has 1 N–H and O–H groups in total. The second-order valence-corrected chi connectivity index (χ2v) is 8.79. The van der Waals surface area contributed by atoms with Gasteiger partial charge in [-0.2, -0.15) is 0 Å². The van der Waals surface area contributed by atoms with Crippen molar-refractivity contribution in [3.8, 4) is 22.5 Å². The third kappa shape index (κ3) is 4.19. The van der Waals surface area contributed by atoms with Crippen LogP contribution in [0.2, 0.25) is 5.02 Å². The summed E-state index contributed by atoms with van der Waals surface area (Å²) in [6.45, 7) is 2.36. The predicted molar refractivity (Wildman–Crippen MR) is 136 cm³/mol. The van der Waals surface area contributed by atoms with Crippen molar-refractivity contribution in [1.82, 2.24) is 14.5 Å². The van der Waals surface area contributed by atoms with Crippen LogP contribution in [-0.4, -0.2) is 19.6 Å². The minimum absolute atomic E-state index is 0.233. The number of rotatable bonds is 6. The Labute approximate surface area is 212 Å². The van der Waals surface area contributed by atoms with Crippen LogP contribution in [0.5, 0.6) is 0 Å². The van der Waals surface area contributed by atoms with Gasteiger partial charge in [0.1, 0.15) is 11.6 Å². The van der Waals surface area contributed by atoms with E-state index in [-0.39, 0.29) is 17.0 Å². The van der Waals surface area contributed by atoms with E-state index in [1.54, 1.807) is 36.7 Å². The first-order chi connectivity index (χ1) is 17.4. The lowest BCUT2D eigenvalue weighted by atomic mass is 9.85. The van der Waals surface area contributed by atoms with Gasteiger partial charge in [0.15, 0.2) is 11.4 Å². The van der Waals surface area contributed by atoms with Crippen molar-refractivity contribution in [3.05, 3.63) is 131 Å². The maximum Gasteiger partial charge on any atom is 0.173 e. The third-order valence-corrected chi connectivity index (χ3v) is 6.42. The van der Waals surface area contributed by atoms with Crippen molar-refractivity contribution in [2.75, 3.05) is 0 Å². The van der Waals surface area contributed by atoms with Gasteiger partial charge < -0.3 is 9.67 Å². The van der Waals surface area contributed by atoms with Crippen LogP contribution < -0.4 is 0 Å². The van der Waals surface area contributed by atoms with Gasteiger partial charge in [-0.15, -0.1) is 0 Å². The van der Waals surface area contributed by atoms with Crippen LogP contribution in [0.1, 0.15) is 23.9 Å². The average Bonchev–Trinajstić information content (AvgIpc) is 3.29. The fraction of sp³-hybridized carbons (Fsp3) is 0.103. The lowest BCUT2D eigenvalue weighted by molar-refractivity contribution is 0.111. The van der Waals surface area contributed by atoms with E-state index in [4.69, 9.17) is 16.6 Å². The molecule has 0 fully saturated rings. The average molecular weight is 502 g/mol. The molecular weight excluding hydrogens is 480 g/mol. The van der Waals surface area contributed by atoms with Gasteiger partial charge in [-0.25, -0.2) is 13.8 Å². The van der Waals surface area contributed by atoms with Crippen LogP contribution in [0.4, 0.5) is 8.78 Å². The highest BCUT2D eigenvalue weighted by Gasteiger charge is 2.40. The molecule has 180 valence electrons. The Morgan fingerprint density at radius 2 is 1.42 bits per heavy atom. The van der Waals surface area contributed by atoms with Crippen molar-refractivity contribution in [2.24, 2.45) is 0 Å². The van der Waals surface area contributed by atoms with Gasteiger partial charge >= 0.3 is 0 Å². The lowest BCUT2D eigenvalue weighted by Gasteiger charge is -2.30. The molecule has 0 amide bonds. The predicted octanol–water partition coefficient (Wildman–Crippen LogP) is 6.85. The van der Waals surface area contributed by atoms with E-state index in [0.29, 0.717) is 17.3 Å². The third-order valence-electron chi connectivity index (χ3n) is 6.16. The summed E-state index contributed by atoms with van der Waals surface area (Å²) in [5, 5.41) is 13.0. The number of aliphatic hydroxyl groups is 1. The van der Waals surface area contributed by atoms with E-state index < -0.39 is 17.2 Å². The Kier molecular flexibility index (Phi) is 6.39. The van der Waals surface area contributed by atoms with Crippen LogP contribution in [-0.2, 0) is 12.1 Å². The van der Waals surface area contributed by atoms with Gasteiger partial charge in [0, 0.05) is 35.1 Å². The molecule has 0 saturated heterocycles. The second-order valence-electron chi connectivity index (χ2n) is 8.35. The molecule has 0 aliphatic rings. The van der Waals surface area contributed by atoms with Crippen LogP contribution >= 0.6 is 11.6 Å². The standard InChI is InChI=1S/C29H22ClF2N3O/c1-2-35-27(20-9-11-23(30)12-10-20)26(19-13-15-33-16-14-19)34-28(35)29(36,21-5-3-7-24(31)17-21)22-6-4-8-25(32)18-22/h3-18,36H,2H2,1H3. The van der Waals surface area contributed by atoms with Crippen LogP contribution in [0, 0.1) is 11.6 Å². The molecule has 0 saturated carbocycles. The molecule has 0 bridgehead atoms. The zero-order valence-electron chi connectivity index (χ0n) is 19.4. The molecule has 2 heterocycles. The zero-order valence-corrected chi connectivity index (χ0v) is 20.1. The van der Waals surface area contributed by atoms with Crippen molar-refractivity contribution in [3.63, 3.8) is 0 Å². The lowest BCUT2D eigenvalue weighted by Crippen LogP contribution is -2.33. The highest BCUT2D eigenvalue weighted by molar-refractivity contribution is 6.30. The van der Waals surface area contributed by atoms with Gasteiger partial charge in [0.25, 0.3) is 0 Å². The maximum absolute atomic E-state index is 14.4. The highest BCUT2D eigenvalue weighted by Crippen LogP contribution is 2.42. The normalized spacial score (nSPS) is 11.6. The SMILES string of the molecule is CCn1c(C(O)(c2cccc(F)c2)c2cccc(F)c2)nc(-c2ccncc2)c1-c1ccc(Cl)cc1. The summed E-state index contributed by atoms with van der Waals surface area (Å²) in [6.07, 6.45) is 3.33. The van der Waals surface area contributed by atoms with E-state index in [1.807, 2.05) is 35.8 Å². The first-order valence-electron chi connectivity index (χ1n) is 11.4. The Morgan fingerprint density at radius 1 is 0.833 bits per heavy atom. The van der Waals surface area contributed by atoms with E-state index in [0.717, 1.165) is 16.8 Å². The topological polar surface area (TPSA) is 50.9 Å². The number of hydrogen-bond donors (Lipinski definition) is 1. The Balaban J connectivity index is 1.88. The molecule has 4 nitrogen and oxygen atoms in total. The van der Waals surface area contributed by atoms with E-state index in [9.17, 15) is 13.9 Å². The zero-order chi connectivity index (χ0) is 25.3. The van der Waals surface area contributed by atoms with Gasteiger partial charge in [0.2, 0.25) is 0 Å². The monoisotopic (exact) mass is 501 g/mol. The molecule has 5 aromatic rings.